The Morgan fingerprint density at radius 2 is 1.84 bits per heavy atom. The number of hydrogen-bond donors (Lipinski definition) is 1. The van der Waals surface area contributed by atoms with Gasteiger partial charge in [0.05, 0.1) is 18.2 Å². The summed E-state index contributed by atoms with van der Waals surface area (Å²) in [5.74, 6) is -1.22. The van der Waals surface area contributed by atoms with Crippen molar-refractivity contribution in [2.75, 3.05) is 20.3 Å². The molecule has 2 aromatic carbocycles. The Morgan fingerprint density at radius 1 is 1.16 bits per heavy atom. The first-order chi connectivity index (χ1) is 15.1. The van der Waals surface area contributed by atoms with Crippen molar-refractivity contribution in [2.24, 2.45) is 5.41 Å². The molecular formula is C25H28FNO5. The Kier molecular flexibility index (Phi) is 6.99. The number of carbonyl (C=O) groups is 2. The predicted octanol–water partition coefficient (Wildman–Crippen LogP) is 4.36. The molecule has 1 amide bonds. The Bertz CT molecular complexity index is 1020. The smallest absolute Gasteiger partial charge is 0.290 e. The summed E-state index contributed by atoms with van der Waals surface area (Å²) < 4.78 is 24.1. The van der Waals surface area contributed by atoms with Crippen LogP contribution in [0, 0.1) is 11.2 Å². The number of amides is 1. The molecule has 1 heterocycles. The number of Topliss-reactive ketones (excluding diaryl/α,β-unsaturated/α-hetero) is 1. The molecule has 0 radical (unpaired) electrons. The van der Waals surface area contributed by atoms with Crippen molar-refractivity contribution in [3.8, 4) is 5.75 Å². The number of nitrogens with zero attached hydrogens (tertiary/aromatic N) is 1. The zero-order valence-electron chi connectivity index (χ0n) is 18.7. The summed E-state index contributed by atoms with van der Waals surface area (Å²) in [6.07, 6.45) is 0. The van der Waals surface area contributed by atoms with Crippen LogP contribution in [0.4, 0.5) is 4.39 Å². The SMILES string of the molecule is COCCN1C(=O)C(O)=C(C(=O)C(C)(C)C)C1c1cccc(OCc2ccc(F)cc2)c1. The number of hydrogen-bond acceptors (Lipinski definition) is 5. The van der Waals surface area contributed by atoms with E-state index in [1.807, 2.05) is 0 Å². The maximum absolute atomic E-state index is 13.2. The summed E-state index contributed by atoms with van der Waals surface area (Å²) in [5, 5.41) is 10.6. The van der Waals surface area contributed by atoms with Crippen LogP contribution < -0.4 is 4.74 Å². The molecule has 0 aliphatic carbocycles. The summed E-state index contributed by atoms with van der Waals surface area (Å²) in [6, 6.07) is 12.3. The van der Waals surface area contributed by atoms with Gasteiger partial charge in [0.25, 0.3) is 5.91 Å². The second-order valence-electron chi connectivity index (χ2n) is 8.72. The summed E-state index contributed by atoms with van der Waals surface area (Å²) >= 11 is 0. The Morgan fingerprint density at radius 3 is 2.47 bits per heavy atom. The monoisotopic (exact) mass is 441 g/mol. The molecule has 1 atom stereocenters. The average Bonchev–Trinajstić information content (AvgIpc) is 3.01. The molecule has 32 heavy (non-hydrogen) atoms. The van der Waals surface area contributed by atoms with Gasteiger partial charge in [0.1, 0.15) is 18.2 Å². The van der Waals surface area contributed by atoms with Crippen molar-refractivity contribution in [3.63, 3.8) is 0 Å². The molecule has 1 aliphatic heterocycles. The van der Waals surface area contributed by atoms with Crippen molar-refractivity contribution in [1.29, 1.82) is 0 Å². The van der Waals surface area contributed by atoms with Gasteiger partial charge in [-0.3, -0.25) is 9.59 Å². The lowest BCUT2D eigenvalue weighted by atomic mass is 9.82. The fourth-order valence-corrected chi connectivity index (χ4v) is 3.58. The fourth-order valence-electron chi connectivity index (χ4n) is 3.58. The van der Waals surface area contributed by atoms with Crippen LogP contribution in [-0.4, -0.2) is 42.0 Å². The van der Waals surface area contributed by atoms with Crippen LogP contribution in [0.5, 0.6) is 5.75 Å². The standard InChI is InChI=1S/C25H28FNO5/c1-25(2,3)23(29)20-21(27(12-13-31-4)24(30)22(20)28)17-6-5-7-19(14-17)32-15-16-8-10-18(26)11-9-16/h5-11,14,21,28H,12-13,15H2,1-4H3. The number of ether oxygens (including phenoxy) is 2. The average molecular weight is 441 g/mol. The Balaban J connectivity index is 1.93. The lowest BCUT2D eigenvalue weighted by Gasteiger charge is -2.29. The molecule has 1 unspecified atom stereocenters. The molecular weight excluding hydrogens is 413 g/mol. The van der Waals surface area contributed by atoms with E-state index < -0.39 is 23.1 Å². The van der Waals surface area contributed by atoms with Crippen molar-refractivity contribution in [3.05, 3.63) is 76.8 Å². The normalized spacial score (nSPS) is 16.6. The van der Waals surface area contributed by atoms with E-state index in [2.05, 4.69) is 0 Å². The fraction of sp³-hybridized carbons (Fsp3) is 0.360. The minimum Gasteiger partial charge on any atom is -0.503 e. The molecule has 3 rings (SSSR count). The van der Waals surface area contributed by atoms with E-state index in [1.54, 1.807) is 57.2 Å². The Labute approximate surface area is 187 Å². The third-order valence-corrected chi connectivity index (χ3v) is 5.26. The molecule has 0 saturated heterocycles. The molecule has 6 nitrogen and oxygen atoms in total. The number of benzene rings is 2. The number of carbonyl (C=O) groups excluding carboxylic acids is 2. The molecule has 1 aliphatic rings. The third-order valence-electron chi connectivity index (χ3n) is 5.26. The van der Waals surface area contributed by atoms with Crippen molar-refractivity contribution in [1.82, 2.24) is 4.90 Å². The third kappa shape index (κ3) is 4.99. The van der Waals surface area contributed by atoms with Gasteiger partial charge < -0.3 is 19.5 Å². The second-order valence-corrected chi connectivity index (χ2v) is 8.72. The largest absolute Gasteiger partial charge is 0.503 e. The van der Waals surface area contributed by atoms with Crippen molar-refractivity contribution >= 4 is 11.7 Å². The molecule has 7 heteroatoms. The van der Waals surface area contributed by atoms with Gasteiger partial charge in [-0.2, -0.15) is 0 Å². The highest BCUT2D eigenvalue weighted by molar-refractivity contribution is 6.10. The lowest BCUT2D eigenvalue weighted by Crippen LogP contribution is -2.35. The Hall–Kier alpha value is -3.19. The van der Waals surface area contributed by atoms with E-state index >= 15 is 0 Å². The molecule has 2 aromatic rings. The summed E-state index contributed by atoms with van der Waals surface area (Å²) in [6.45, 7) is 5.94. The molecule has 0 aromatic heterocycles. The van der Waals surface area contributed by atoms with Crippen LogP contribution >= 0.6 is 0 Å². The van der Waals surface area contributed by atoms with Gasteiger partial charge in [-0.15, -0.1) is 0 Å². The molecule has 0 bridgehead atoms. The number of ketones is 1. The van der Waals surface area contributed by atoms with E-state index in [0.29, 0.717) is 11.3 Å². The van der Waals surface area contributed by atoms with E-state index in [4.69, 9.17) is 9.47 Å². The molecule has 170 valence electrons. The number of aliphatic hydroxyl groups is 1. The number of methoxy groups -OCH3 is 1. The maximum Gasteiger partial charge on any atom is 0.290 e. The lowest BCUT2D eigenvalue weighted by molar-refractivity contribution is -0.130. The highest BCUT2D eigenvalue weighted by atomic mass is 19.1. The van der Waals surface area contributed by atoms with Gasteiger partial charge >= 0.3 is 0 Å². The highest BCUT2D eigenvalue weighted by Crippen LogP contribution is 2.41. The van der Waals surface area contributed by atoms with Gasteiger partial charge in [0.15, 0.2) is 11.5 Å². The minimum absolute atomic E-state index is 0.0780. The number of aliphatic hydroxyl groups excluding tert-OH is 1. The van der Waals surface area contributed by atoms with Crippen LogP contribution in [0.1, 0.15) is 37.9 Å². The van der Waals surface area contributed by atoms with Gasteiger partial charge in [-0.25, -0.2) is 4.39 Å². The van der Waals surface area contributed by atoms with Crippen LogP contribution in [0.3, 0.4) is 0 Å². The van der Waals surface area contributed by atoms with E-state index in [1.165, 1.54) is 24.1 Å². The quantitative estimate of drug-likeness (QED) is 0.659. The van der Waals surface area contributed by atoms with E-state index in [9.17, 15) is 19.1 Å². The van der Waals surface area contributed by atoms with Crippen LogP contribution in [0.15, 0.2) is 59.9 Å². The minimum atomic E-state index is -0.782. The first-order valence-electron chi connectivity index (χ1n) is 10.4. The topological polar surface area (TPSA) is 76.1 Å². The molecule has 0 fully saturated rings. The van der Waals surface area contributed by atoms with Crippen molar-refractivity contribution < 1.29 is 28.6 Å². The van der Waals surface area contributed by atoms with E-state index in [-0.39, 0.29) is 36.9 Å². The predicted molar refractivity (Wildman–Crippen MR) is 118 cm³/mol. The number of rotatable bonds is 8. The van der Waals surface area contributed by atoms with Gasteiger partial charge in [-0.05, 0) is 35.4 Å². The number of halogens is 1. The summed E-state index contributed by atoms with van der Waals surface area (Å²) in [7, 11) is 1.52. The van der Waals surface area contributed by atoms with Gasteiger partial charge in [-0.1, -0.05) is 45.0 Å². The first-order valence-corrected chi connectivity index (χ1v) is 10.4. The van der Waals surface area contributed by atoms with E-state index in [0.717, 1.165) is 5.56 Å². The molecule has 0 saturated carbocycles. The second kappa shape index (κ2) is 9.53. The summed E-state index contributed by atoms with van der Waals surface area (Å²) in [4.78, 5) is 27.4. The van der Waals surface area contributed by atoms with Gasteiger partial charge in [0.2, 0.25) is 0 Å². The maximum atomic E-state index is 13.2. The highest BCUT2D eigenvalue weighted by Gasteiger charge is 2.45. The van der Waals surface area contributed by atoms with Crippen LogP contribution in [-0.2, 0) is 20.9 Å². The van der Waals surface area contributed by atoms with Crippen LogP contribution in [0.25, 0.3) is 0 Å². The van der Waals surface area contributed by atoms with Crippen LogP contribution in [0.2, 0.25) is 0 Å². The molecule has 1 N–H and O–H groups in total. The zero-order valence-corrected chi connectivity index (χ0v) is 18.7. The molecule has 0 spiro atoms. The first kappa shape index (κ1) is 23.5. The zero-order chi connectivity index (χ0) is 23.5. The van der Waals surface area contributed by atoms with Gasteiger partial charge in [0, 0.05) is 19.1 Å². The summed E-state index contributed by atoms with van der Waals surface area (Å²) in [5.41, 5.74) is 0.739. The van der Waals surface area contributed by atoms with Crippen molar-refractivity contribution in [2.45, 2.75) is 33.4 Å².